The predicted octanol–water partition coefficient (Wildman–Crippen LogP) is -2.45. The summed E-state index contributed by atoms with van der Waals surface area (Å²) < 4.78 is 0. The molecule has 0 fully saturated rings. The van der Waals surface area contributed by atoms with Crippen LogP contribution in [0.2, 0.25) is 0 Å². The Morgan fingerprint density at radius 3 is 2.30 bits per heavy atom. The van der Waals surface area contributed by atoms with E-state index in [0.717, 1.165) is 0 Å². The third kappa shape index (κ3) is 5.73. The Labute approximate surface area is 54.7 Å². The molecule has 0 atom stereocenters. The summed E-state index contributed by atoms with van der Waals surface area (Å²) in [6.07, 6.45) is 0. The summed E-state index contributed by atoms with van der Waals surface area (Å²) in [5, 5.41) is 18.4. The fourth-order valence-corrected chi connectivity index (χ4v) is 0.105. The van der Waals surface area contributed by atoms with Crippen molar-refractivity contribution in [3.63, 3.8) is 0 Å². The zero-order chi connectivity index (χ0) is 7.98. The van der Waals surface area contributed by atoms with E-state index < -0.39 is 10.7 Å². The third-order valence-electron chi connectivity index (χ3n) is 0.325. The number of nitrogens with zero attached hydrogens (tertiary/aromatic N) is 2. The van der Waals surface area contributed by atoms with Crippen molar-refractivity contribution < 1.29 is 14.8 Å². The molecule has 0 bridgehead atoms. The Balaban J connectivity index is 3.03. The van der Waals surface area contributed by atoms with Gasteiger partial charge in [-0.2, -0.15) is 26.0 Å². The van der Waals surface area contributed by atoms with Crippen molar-refractivity contribution in [1.82, 2.24) is 16.4 Å². The average Bonchev–Trinajstić information content (AvgIpc) is 1.87. The van der Waals surface area contributed by atoms with Crippen LogP contribution in [0, 0.1) is 10.4 Å². The molecule has 0 aliphatic rings. The van der Waals surface area contributed by atoms with E-state index in [0.29, 0.717) is 0 Å². The highest BCUT2D eigenvalue weighted by molar-refractivity contribution is 4.14. The molecule has 0 aromatic carbocycles. The van der Waals surface area contributed by atoms with E-state index in [9.17, 15) is 10.4 Å². The number of hydrogen-bond acceptors (Lipinski definition) is 10. The largest absolute Gasteiger partial charge is 0.747 e. The minimum atomic E-state index is -0.566. The first-order chi connectivity index (χ1) is 4.66. The van der Waals surface area contributed by atoms with Gasteiger partial charge in [0, 0.05) is 0 Å². The van der Waals surface area contributed by atoms with E-state index in [4.69, 9.17) is 0 Å². The molecule has 0 spiro atoms. The smallest absolute Gasteiger partial charge is 0.0374 e. The van der Waals surface area contributed by atoms with Crippen molar-refractivity contribution in [1.29, 1.82) is 0 Å². The van der Waals surface area contributed by atoms with Gasteiger partial charge in [0.05, 0.1) is 0 Å². The Hall–Kier alpha value is -0.400. The van der Waals surface area contributed by atoms with Gasteiger partial charge < -0.3 is 10.4 Å². The highest BCUT2D eigenvalue weighted by Crippen LogP contribution is 1.78. The Morgan fingerprint density at radius 1 is 1.30 bits per heavy atom. The van der Waals surface area contributed by atoms with Crippen LogP contribution >= 0.6 is 0 Å². The summed E-state index contributed by atoms with van der Waals surface area (Å²) >= 11 is 0. The van der Waals surface area contributed by atoms with Gasteiger partial charge in [-0.05, 0) is 5.64 Å². The summed E-state index contributed by atoms with van der Waals surface area (Å²) in [5.74, 6) is 8.60. The Bertz CT molecular complexity index is 74.4. The molecule has 10 heavy (non-hydrogen) atoms. The van der Waals surface area contributed by atoms with E-state index in [2.05, 4.69) is 26.6 Å². The third-order valence-corrected chi connectivity index (χ3v) is 0.325. The monoisotopic (exact) mass is 155 g/mol. The number of nitrogens with one attached hydrogen (secondary N) is 1. The van der Waals surface area contributed by atoms with E-state index in [1.807, 2.05) is 0 Å². The maximum absolute atomic E-state index is 9.84. The second-order valence-electron chi connectivity index (χ2n) is 0.880. The first kappa shape index (κ1) is 9.60. The Morgan fingerprint density at radius 2 is 1.90 bits per heavy atom. The van der Waals surface area contributed by atoms with Gasteiger partial charge in [-0.1, -0.05) is 5.39 Å². The second kappa shape index (κ2) is 5.39. The van der Waals surface area contributed by atoms with E-state index in [-0.39, 0.29) is 0 Å². The molecule has 5 N–H and O–H groups in total. The Kier molecular flexibility index (Phi) is 5.17. The molecule has 0 aromatic rings. The zero-order valence-corrected chi connectivity index (χ0v) is 4.59. The fourth-order valence-electron chi connectivity index (χ4n) is 0.105. The maximum Gasteiger partial charge on any atom is -0.0374 e. The summed E-state index contributed by atoms with van der Waals surface area (Å²) in [4.78, 5) is 10.6. The van der Waals surface area contributed by atoms with Gasteiger partial charge in [-0.3, -0.25) is 5.84 Å². The van der Waals surface area contributed by atoms with Crippen molar-refractivity contribution in [3.8, 4) is 0 Å². The minimum Gasteiger partial charge on any atom is -0.747 e. The first-order valence-corrected chi connectivity index (χ1v) is 1.82. The van der Waals surface area contributed by atoms with Gasteiger partial charge >= 0.3 is 0 Å². The molecule has 0 aromatic heterocycles. The molecule has 0 rings (SSSR count). The fraction of sp³-hybridized carbons (Fsp3) is 0. The van der Waals surface area contributed by atoms with Crippen molar-refractivity contribution in [2.24, 2.45) is 11.7 Å². The summed E-state index contributed by atoms with van der Waals surface area (Å²) in [5.41, 5.74) is 1.33. The van der Waals surface area contributed by atoms with Gasteiger partial charge in [0.15, 0.2) is 0 Å². The molecule has 0 radical (unpaired) electrons. The molecule has 62 valence electrons. The van der Waals surface area contributed by atoms with Crippen LogP contribution in [0.15, 0.2) is 0 Å². The molecule has 0 heterocycles. The number of hydrazine groups is 1. The number of hydrogen-bond donors (Lipinski definition) is 3. The van der Waals surface area contributed by atoms with Crippen molar-refractivity contribution in [3.05, 3.63) is 10.4 Å². The summed E-state index contributed by atoms with van der Waals surface area (Å²) in [7, 11) is 0. The molecule has 0 saturated carbocycles. The number of rotatable bonds is 5. The molecule has 0 aliphatic heterocycles. The molecule has 0 aliphatic carbocycles. The van der Waals surface area contributed by atoms with Gasteiger partial charge in [0.1, 0.15) is 0 Å². The zero-order valence-electron chi connectivity index (χ0n) is 4.59. The van der Waals surface area contributed by atoms with Crippen molar-refractivity contribution >= 4 is 0 Å². The van der Waals surface area contributed by atoms with E-state index >= 15 is 0 Å². The first-order valence-electron chi connectivity index (χ1n) is 1.82. The maximum atomic E-state index is 9.84. The van der Waals surface area contributed by atoms with Crippen LogP contribution in [0.5, 0.6) is 0 Å². The molecule has 0 amide bonds. The van der Waals surface area contributed by atoms with Crippen LogP contribution in [0.4, 0.5) is 0 Å². The molecular weight excluding hydrogens is 150 g/mol. The van der Waals surface area contributed by atoms with Crippen LogP contribution in [0.3, 0.4) is 0 Å². The van der Waals surface area contributed by atoms with Gasteiger partial charge in [-0.15, -0.1) is 0 Å². The van der Waals surface area contributed by atoms with Crippen LogP contribution in [-0.4, -0.2) is 10.7 Å². The van der Waals surface area contributed by atoms with E-state index in [1.165, 1.54) is 5.64 Å². The highest BCUT2D eigenvalue weighted by Gasteiger charge is 1.86. The lowest BCUT2D eigenvalue weighted by Gasteiger charge is -2.24. The molecule has 10 nitrogen and oxygen atoms in total. The second-order valence-corrected chi connectivity index (χ2v) is 0.880. The van der Waals surface area contributed by atoms with Gasteiger partial charge in [0.2, 0.25) is 0 Å². The quantitative estimate of drug-likeness (QED) is 0.288. The SMILES string of the molecule is NON([O-])ONON(N)[O-]. The van der Waals surface area contributed by atoms with Crippen molar-refractivity contribution in [2.45, 2.75) is 0 Å². The molecule has 0 saturated heterocycles. The minimum absolute atomic E-state index is 0.496. The van der Waals surface area contributed by atoms with Crippen LogP contribution in [-0.2, 0) is 14.8 Å². The lowest BCUT2D eigenvalue weighted by molar-refractivity contribution is -0.439. The van der Waals surface area contributed by atoms with Crippen LogP contribution < -0.4 is 17.4 Å². The normalized spacial score (nSPS) is 11.4. The lowest BCUT2D eigenvalue weighted by atomic mass is 12.6. The predicted molar refractivity (Wildman–Crippen MR) is 25.2 cm³/mol. The standard InChI is InChI=1S/H5N5O5/c1-4(6)9-3-10-5(7)8-2/h3H,1-2H2/q-2. The molecule has 0 unspecified atom stereocenters. The topological polar surface area (TPSA) is 144 Å². The highest BCUT2D eigenvalue weighted by atomic mass is 17.2. The van der Waals surface area contributed by atoms with Gasteiger partial charge in [0.25, 0.3) is 0 Å². The van der Waals surface area contributed by atoms with Gasteiger partial charge in [-0.25, -0.2) is 0 Å². The molecule has 10 heteroatoms. The number of nitrogens with two attached hydrogens (primary N) is 2. The summed E-state index contributed by atoms with van der Waals surface area (Å²) in [6, 6.07) is 0. The van der Waals surface area contributed by atoms with Crippen molar-refractivity contribution in [2.75, 3.05) is 0 Å². The lowest BCUT2D eigenvalue weighted by Crippen LogP contribution is -2.36. The van der Waals surface area contributed by atoms with E-state index in [1.54, 1.807) is 0 Å². The van der Waals surface area contributed by atoms with Crippen LogP contribution in [0.1, 0.15) is 0 Å². The average molecular weight is 155 g/mol. The summed E-state index contributed by atoms with van der Waals surface area (Å²) in [6.45, 7) is 0. The van der Waals surface area contributed by atoms with Crippen LogP contribution in [0.25, 0.3) is 0 Å². The molecular formula is H5N5O5-2.